The quantitative estimate of drug-likeness (QED) is 0.672. The van der Waals surface area contributed by atoms with Crippen molar-refractivity contribution in [3.05, 3.63) is 59.9 Å². The van der Waals surface area contributed by atoms with Crippen molar-refractivity contribution in [2.75, 3.05) is 18.7 Å². The molecule has 0 aliphatic carbocycles. The van der Waals surface area contributed by atoms with Gasteiger partial charge in [-0.15, -0.1) is 0 Å². The van der Waals surface area contributed by atoms with Gasteiger partial charge in [0, 0.05) is 21.7 Å². The first kappa shape index (κ1) is 18.8. The monoisotopic (exact) mass is 383 g/mol. The minimum Gasteiger partial charge on any atom is -0.496 e. The Kier molecular flexibility index (Phi) is 5.36. The highest BCUT2D eigenvalue weighted by Crippen LogP contribution is 2.28. The molecular formula is C19H21N5O2S. The van der Waals surface area contributed by atoms with Gasteiger partial charge in [0.2, 0.25) is 5.95 Å². The SMILES string of the molecule is COc1cc(C)ccc1-c1ncnc(Nc2cccc(CS(C)(=N)=O)c2)n1. The highest BCUT2D eigenvalue weighted by molar-refractivity contribution is 7.90. The normalized spacial score (nSPS) is 13.0. The minimum absolute atomic E-state index is 0.200. The summed E-state index contributed by atoms with van der Waals surface area (Å²) in [6.45, 7) is 1.99. The molecule has 0 saturated carbocycles. The Balaban J connectivity index is 1.88. The molecular weight excluding hydrogens is 362 g/mol. The molecule has 1 heterocycles. The molecule has 3 rings (SSSR count). The van der Waals surface area contributed by atoms with Crippen LogP contribution in [0.1, 0.15) is 11.1 Å². The number of hydrogen-bond donors (Lipinski definition) is 2. The van der Waals surface area contributed by atoms with Gasteiger partial charge < -0.3 is 10.1 Å². The molecule has 2 N–H and O–H groups in total. The fourth-order valence-corrected chi connectivity index (χ4v) is 3.47. The summed E-state index contributed by atoms with van der Waals surface area (Å²) in [4.78, 5) is 12.9. The number of benzene rings is 2. The molecule has 0 aliphatic rings. The lowest BCUT2D eigenvalue weighted by molar-refractivity contribution is 0.416. The van der Waals surface area contributed by atoms with Gasteiger partial charge in [0.05, 0.1) is 18.4 Å². The maximum absolute atomic E-state index is 11.7. The molecule has 0 bridgehead atoms. The number of hydrogen-bond acceptors (Lipinski definition) is 7. The van der Waals surface area contributed by atoms with E-state index in [4.69, 9.17) is 9.52 Å². The first-order valence-corrected chi connectivity index (χ1v) is 10.4. The van der Waals surface area contributed by atoms with Gasteiger partial charge in [0.1, 0.15) is 12.1 Å². The summed E-state index contributed by atoms with van der Waals surface area (Å²) in [5.41, 5.74) is 3.44. The standard InChI is InChI=1S/C19H21N5O2S/c1-13-7-8-16(17(9-13)26-2)18-21-12-22-19(24-18)23-15-6-4-5-14(10-15)11-27(3,20)25/h4-10,12,20H,11H2,1-3H3,(H,21,22,23,24). The van der Waals surface area contributed by atoms with Crippen molar-refractivity contribution in [1.29, 1.82) is 4.78 Å². The molecule has 0 saturated heterocycles. The number of anilines is 2. The van der Waals surface area contributed by atoms with Crippen LogP contribution in [0.25, 0.3) is 11.4 Å². The van der Waals surface area contributed by atoms with Gasteiger partial charge in [0.15, 0.2) is 5.82 Å². The summed E-state index contributed by atoms with van der Waals surface area (Å²) in [5, 5.41) is 3.13. The van der Waals surface area contributed by atoms with Crippen LogP contribution in [0.5, 0.6) is 5.75 Å². The van der Waals surface area contributed by atoms with Crippen LogP contribution in [0.15, 0.2) is 48.8 Å². The largest absolute Gasteiger partial charge is 0.496 e. The van der Waals surface area contributed by atoms with Crippen molar-refractivity contribution in [2.24, 2.45) is 0 Å². The second kappa shape index (κ2) is 7.71. The van der Waals surface area contributed by atoms with Crippen LogP contribution < -0.4 is 10.1 Å². The van der Waals surface area contributed by atoms with E-state index >= 15 is 0 Å². The second-order valence-electron chi connectivity index (χ2n) is 6.31. The van der Waals surface area contributed by atoms with Crippen LogP contribution in [-0.2, 0) is 15.5 Å². The molecule has 0 aliphatic heterocycles. The molecule has 1 unspecified atom stereocenters. The Morgan fingerprint density at radius 2 is 2.00 bits per heavy atom. The molecule has 0 spiro atoms. The molecule has 8 heteroatoms. The zero-order chi connectivity index (χ0) is 19.4. The molecule has 7 nitrogen and oxygen atoms in total. The average Bonchev–Trinajstić information content (AvgIpc) is 2.60. The number of methoxy groups -OCH3 is 1. The van der Waals surface area contributed by atoms with Crippen LogP contribution >= 0.6 is 0 Å². The molecule has 0 radical (unpaired) electrons. The summed E-state index contributed by atoms with van der Waals surface area (Å²) in [7, 11) is -0.990. The topological polar surface area (TPSA) is 101 Å². The van der Waals surface area contributed by atoms with Gasteiger partial charge in [-0.2, -0.15) is 4.98 Å². The van der Waals surface area contributed by atoms with E-state index in [1.165, 1.54) is 12.6 Å². The number of nitrogens with zero attached hydrogens (tertiary/aromatic N) is 3. The third-order valence-corrected chi connectivity index (χ3v) is 4.68. The maximum Gasteiger partial charge on any atom is 0.230 e. The summed E-state index contributed by atoms with van der Waals surface area (Å²) < 4.78 is 24.7. The van der Waals surface area contributed by atoms with Gasteiger partial charge >= 0.3 is 0 Å². The molecule has 140 valence electrons. The predicted molar refractivity (Wildman–Crippen MR) is 107 cm³/mol. The highest BCUT2D eigenvalue weighted by Gasteiger charge is 2.11. The lowest BCUT2D eigenvalue weighted by atomic mass is 10.1. The summed E-state index contributed by atoms with van der Waals surface area (Å²) >= 11 is 0. The van der Waals surface area contributed by atoms with Crippen LogP contribution in [0, 0.1) is 11.7 Å². The smallest absolute Gasteiger partial charge is 0.230 e. The van der Waals surface area contributed by atoms with E-state index < -0.39 is 9.73 Å². The fraction of sp³-hybridized carbons (Fsp3) is 0.211. The zero-order valence-electron chi connectivity index (χ0n) is 15.4. The van der Waals surface area contributed by atoms with E-state index in [0.717, 1.165) is 22.4 Å². The van der Waals surface area contributed by atoms with Crippen molar-refractivity contribution < 1.29 is 8.95 Å². The fourth-order valence-electron chi connectivity index (χ4n) is 2.66. The van der Waals surface area contributed by atoms with Crippen molar-refractivity contribution in [3.63, 3.8) is 0 Å². The highest BCUT2D eigenvalue weighted by atomic mass is 32.2. The molecule has 0 fully saturated rings. The van der Waals surface area contributed by atoms with E-state index in [0.29, 0.717) is 17.5 Å². The van der Waals surface area contributed by atoms with E-state index in [9.17, 15) is 4.21 Å². The second-order valence-corrected chi connectivity index (χ2v) is 8.61. The first-order chi connectivity index (χ1) is 12.8. The Morgan fingerprint density at radius 3 is 2.74 bits per heavy atom. The lowest BCUT2D eigenvalue weighted by Gasteiger charge is -2.10. The van der Waals surface area contributed by atoms with Crippen LogP contribution in [0.4, 0.5) is 11.6 Å². The maximum atomic E-state index is 11.7. The molecule has 3 aromatic rings. The van der Waals surface area contributed by atoms with E-state index in [2.05, 4.69) is 20.3 Å². The van der Waals surface area contributed by atoms with E-state index in [1.54, 1.807) is 7.11 Å². The lowest BCUT2D eigenvalue weighted by Crippen LogP contribution is -2.02. The van der Waals surface area contributed by atoms with E-state index in [1.807, 2.05) is 49.4 Å². The number of aryl methyl sites for hydroxylation is 1. The molecule has 1 atom stereocenters. The van der Waals surface area contributed by atoms with Crippen LogP contribution in [-0.4, -0.2) is 32.5 Å². The number of ether oxygens (including phenoxy) is 1. The number of nitrogens with one attached hydrogen (secondary N) is 2. The van der Waals surface area contributed by atoms with Crippen LogP contribution in [0.3, 0.4) is 0 Å². The minimum atomic E-state index is -2.60. The van der Waals surface area contributed by atoms with Crippen molar-refractivity contribution in [1.82, 2.24) is 15.0 Å². The predicted octanol–water partition coefficient (Wildman–Crippen LogP) is 3.78. The summed E-state index contributed by atoms with van der Waals surface area (Å²) in [6, 6.07) is 13.2. The Hall–Kier alpha value is -3.00. The average molecular weight is 383 g/mol. The third kappa shape index (κ3) is 5.01. The molecule has 2 aromatic carbocycles. The van der Waals surface area contributed by atoms with E-state index in [-0.39, 0.29) is 5.75 Å². The zero-order valence-corrected chi connectivity index (χ0v) is 16.2. The first-order valence-electron chi connectivity index (χ1n) is 8.25. The van der Waals surface area contributed by atoms with Crippen molar-refractivity contribution >= 4 is 21.4 Å². The van der Waals surface area contributed by atoms with Crippen molar-refractivity contribution in [3.8, 4) is 17.1 Å². The summed E-state index contributed by atoms with van der Waals surface area (Å²) in [6.07, 6.45) is 2.87. The van der Waals surface area contributed by atoms with Gasteiger partial charge in [-0.25, -0.2) is 14.2 Å². The van der Waals surface area contributed by atoms with Gasteiger partial charge in [-0.3, -0.25) is 4.78 Å². The third-order valence-electron chi connectivity index (χ3n) is 3.79. The number of aromatic nitrogens is 3. The summed E-state index contributed by atoms with van der Waals surface area (Å²) in [5.74, 6) is 1.79. The van der Waals surface area contributed by atoms with Crippen LogP contribution in [0.2, 0.25) is 0 Å². The molecule has 27 heavy (non-hydrogen) atoms. The van der Waals surface area contributed by atoms with Crippen molar-refractivity contribution in [2.45, 2.75) is 12.7 Å². The Bertz CT molecular complexity index is 1070. The molecule has 1 aromatic heterocycles. The number of rotatable bonds is 6. The van der Waals surface area contributed by atoms with Gasteiger partial charge in [0.25, 0.3) is 0 Å². The van der Waals surface area contributed by atoms with Gasteiger partial charge in [-0.1, -0.05) is 18.2 Å². The Morgan fingerprint density at radius 1 is 1.19 bits per heavy atom. The Labute approximate surface area is 158 Å². The van der Waals surface area contributed by atoms with Gasteiger partial charge in [-0.05, 0) is 42.3 Å². The molecule has 0 amide bonds.